The Morgan fingerprint density at radius 2 is 1.88 bits per heavy atom. The molecule has 0 bridgehead atoms. The molecule has 2 aromatic heterocycles. The van der Waals surface area contributed by atoms with Crippen LogP contribution in [0.25, 0.3) is 0 Å². The number of nitrogens with zero attached hydrogens (tertiary/aromatic N) is 4. The summed E-state index contributed by atoms with van der Waals surface area (Å²) in [6.45, 7) is 4.27. The van der Waals surface area contributed by atoms with Crippen LogP contribution < -0.4 is 0 Å². The first-order valence-corrected chi connectivity index (χ1v) is 10.8. The number of hydrogen-bond donors (Lipinski definition) is 1. The van der Waals surface area contributed by atoms with E-state index in [1.807, 2.05) is 44.2 Å². The second-order valence-electron chi connectivity index (χ2n) is 8.68. The lowest BCUT2D eigenvalue weighted by Gasteiger charge is -2.30. The van der Waals surface area contributed by atoms with Crippen LogP contribution in [0.3, 0.4) is 0 Å². The van der Waals surface area contributed by atoms with E-state index in [0.717, 1.165) is 28.1 Å². The summed E-state index contributed by atoms with van der Waals surface area (Å²) in [5.74, 6) is -0.833. The maximum absolute atomic E-state index is 13.8. The summed E-state index contributed by atoms with van der Waals surface area (Å²) in [5.41, 5.74) is 2.82. The van der Waals surface area contributed by atoms with Gasteiger partial charge in [-0.2, -0.15) is 5.10 Å². The fraction of sp³-hybridized carbons (Fsp3) is 0.320. The van der Waals surface area contributed by atoms with E-state index in [1.54, 1.807) is 36.5 Å². The highest BCUT2D eigenvalue weighted by Gasteiger charge is 2.54. The first-order chi connectivity index (χ1) is 15.8. The van der Waals surface area contributed by atoms with Crippen LogP contribution in [-0.4, -0.2) is 49.8 Å². The van der Waals surface area contributed by atoms with Crippen molar-refractivity contribution in [2.24, 2.45) is 0 Å². The van der Waals surface area contributed by atoms with Gasteiger partial charge in [-0.15, -0.1) is 0 Å². The van der Waals surface area contributed by atoms with E-state index in [1.165, 1.54) is 4.90 Å². The largest absolute Gasteiger partial charge is 0.340 e. The number of H-pyrrole nitrogens is 1. The topological polar surface area (TPSA) is 99.3 Å². The van der Waals surface area contributed by atoms with Crippen molar-refractivity contribution in [3.05, 3.63) is 82.9 Å². The van der Waals surface area contributed by atoms with Gasteiger partial charge in [-0.3, -0.25) is 29.4 Å². The molecule has 0 radical (unpaired) electrons. The van der Waals surface area contributed by atoms with Gasteiger partial charge in [0.2, 0.25) is 17.7 Å². The van der Waals surface area contributed by atoms with Gasteiger partial charge in [-0.1, -0.05) is 24.3 Å². The molecule has 1 aliphatic heterocycles. The number of aryl methyl sites for hydroxylation is 2. The fourth-order valence-electron chi connectivity index (χ4n) is 4.46. The minimum absolute atomic E-state index is 0.0388. The molecule has 1 N–H and O–H groups in total. The average molecular weight is 446 g/mol. The van der Waals surface area contributed by atoms with Crippen molar-refractivity contribution in [2.45, 2.75) is 45.2 Å². The number of amides is 3. The number of imide groups is 1. The Morgan fingerprint density at radius 3 is 2.55 bits per heavy atom. The van der Waals surface area contributed by atoms with Crippen molar-refractivity contribution in [1.29, 1.82) is 0 Å². The van der Waals surface area contributed by atoms with Crippen LogP contribution in [0.4, 0.5) is 0 Å². The summed E-state index contributed by atoms with van der Waals surface area (Å²) in [6.07, 6.45) is 3.13. The molecule has 3 aromatic rings. The van der Waals surface area contributed by atoms with E-state index in [4.69, 9.17) is 0 Å². The molecule has 8 nitrogen and oxygen atoms in total. The molecule has 0 saturated carbocycles. The highest BCUT2D eigenvalue weighted by Crippen LogP contribution is 2.42. The van der Waals surface area contributed by atoms with Gasteiger partial charge in [0.15, 0.2) is 0 Å². The van der Waals surface area contributed by atoms with Gasteiger partial charge in [0.1, 0.15) is 0 Å². The van der Waals surface area contributed by atoms with Crippen LogP contribution in [0.1, 0.15) is 40.9 Å². The maximum atomic E-state index is 13.8. The van der Waals surface area contributed by atoms with Crippen molar-refractivity contribution >= 4 is 17.7 Å². The molecule has 1 fully saturated rings. The molecule has 1 atom stereocenters. The van der Waals surface area contributed by atoms with E-state index in [9.17, 15) is 14.4 Å². The van der Waals surface area contributed by atoms with Crippen LogP contribution in [0.5, 0.6) is 0 Å². The normalized spacial score (nSPS) is 18.1. The summed E-state index contributed by atoms with van der Waals surface area (Å²) in [4.78, 5) is 47.0. The van der Waals surface area contributed by atoms with Crippen LogP contribution in [0.15, 0.2) is 54.9 Å². The number of likely N-dealkylation sites (tertiary alicyclic amines) is 1. The Labute approximate surface area is 192 Å². The van der Waals surface area contributed by atoms with E-state index in [0.29, 0.717) is 6.54 Å². The van der Waals surface area contributed by atoms with Gasteiger partial charge in [-0.05, 0) is 48.7 Å². The molecule has 170 valence electrons. The van der Waals surface area contributed by atoms with E-state index in [-0.39, 0.29) is 37.1 Å². The third-order valence-electron chi connectivity index (χ3n) is 6.20. The van der Waals surface area contributed by atoms with Gasteiger partial charge in [0, 0.05) is 38.0 Å². The number of benzene rings is 1. The molecular formula is C25H27N5O3. The highest BCUT2D eigenvalue weighted by atomic mass is 16.2. The number of aromatic amines is 1. The zero-order valence-electron chi connectivity index (χ0n) is 19.0. The van der Waals surface area contributed by atoms with Crippen LogP contribution in [0, 0.1) is 13.8 Å². The zero-order chi connectivity index (χ0) is 23.6. The second kappa shape index (κ2) is 8.97. The Kier molecular flexibility index (Phi) is 6.09. The number of carbonyl (C=O) groups excluding carboxylic acids is 3. The Morgan fingerprint density at radius 1 is 1.15 bits per heavy atom. The molecule has 3 heterocycles. The number of hydrogen-bond acceptors (Lipinski definition) is 5. The lowest BCUT2D eigenvalue weighted by molar-refractivity contribution is -0.143. The molecule has 1 saturated heterocycles. The molecule has 8 heteroatoms. The first-order valence-electron chi connectivity index (χ1n) is 10.8. The molecule has 0 spiro atoms. The van der Waals surface area contributed by atoms with Crippen molar-refractivity contribution < 1.29 is 14.4 Å². The van der Waals surface area contributed by atoms with Crippen molar-refractivity contribution in [1.82, 2.24) is 25.0 Å². The third-order valence-corrected chi connectivity index (χ3v) is 6.20. The zero-order valence-corrected chi connectivity index (χ0v) is 19.0. The van der Waals surface area contributed by atoms with Crippen molar-refractivity contribution in [3.8, 4) is 0 Å². The summed E-state index contributed by atoms with van der Waals surface area (Å²) >= 11 is 0. The number of pyridine rings is 1. The third kappa shape index (κ3) is 4.41. The first kappa shape index (κ1) is 22.4. The predicted octanol–water partition coefficient (Wildman–Crippen LogP) is 2.67. The molecule has 33 heavy (non-hydrogen) atoms. The van der Waals surface area contributed by atoms with E-state index < -0.39 is 5.41 Å². The van der Waals surface area contributed by atoms with E-state index >= 15 is 0 Å². The van der Waals surface area contributed by atoms with Gasteiger partial charge in [0.05, 0.1) is 24.2 Å². The minimum Gasteiger partial charge on any atom is -0.340 e. The predicted molar refractivity (Wildman–Crippen MR) is 122 cm³/mol. The van der Waals surface area contributed by atoms with Gasteiger partial charge in [0.25, 0.3) is 0 Å². The minimum atomic E-state index is -1.23. The monoisotopic (exact) mass is 445 g/mol. The smallest absolute Gasteiger partial charge is 0.241 e. The van der Waals surface area contributed by atoms with Gasteiger partial charge < -0.3 is 4.90 Å². The van der Waals surface area contributed by atoms with Crippen LogP contribution in [0.2, 0.25) is 0 Å². The van der Waals surface area contributed by atoms with E-state index in [2.05, 4.69) is 15.2 Å². The van der Waals surface area contributed by atoms with Crippen molar-refractivity contribution in [2.75, 3.05) is 7.05 Å². The molecule has 0 unspecified atom stereocenters. The summed E-state index contributed by atoms with van der Waals surface area (Å²) in [7, 11) is 1.69. The molecular weight excluding hydrogens is 418 g/mol. The quantitative estimate of drug-likeness (QED) is 0.564. The summed E-state index contributed by atoms with van der Waals surface area (Å²) in [6, 6.07) is 12.9. The number of aromatic nitrogens is 3. The fourth-order valence-corrected chi connectivity index (χ4v) is 4.46. The molecule has 0 aliphatic carbocycles. The average Bonchev–Trinajstić information content (AvgIpc) is 3.30. The number of rotatable bonds is 7. The molecule has 3 amide bonds. The van der Waals surface area contributed by atoms with Gasteiger partial charge >= 0.3 is 0 Å². The summed E-state index contributed by atoms with van der Waals surface area (Å²) < 4.78 is 0. The highest BCUT2D eigenvalue weighted by molar-refractivity contribution is 6.10. The molecule has 1 aromatic carbocycles. The molecule has 1 aliphatic rings. The standard InChI is InChI=1S/C25H27N5O3/c1-17-6-4-5-7-21(17)25(13-22(31)29(3)16-20-12-18(2)27-28-20)14-23(32)30(24(25)33)15-19-8-10-26-11-9-19/h4-12H,13-16H2,1-3H3,(H,27,28)/t25-/m0/s1. The van der Waals surface area contributed by atoms with Crippen molar-refractivity contribution in [3.63, 3.8) is 0 Å². The molecule has 4 rings (SSSR count). The van der Waals surface area contributed by atoms with Gasteiger partial charge in [-0.25, -0.2) is 0 Å². The lowest BCUT2D eigenvalue weighted by Crippen LogP contribution is -2.42. The van der Waals surface area contributed by atoms with Crippen LogP contribution in [-0.2, 0) is 32.9 Å². The number of nitrogens with one attached hydrogen (secondary N) is 1. The Balaban J connectivity index is 1.65. The summed E-state index contributed by atoms with van der Waals surface area (Å²) in [5, 5.41) is 7.06. The van der Waals surface area contributed by atoms with Crippen LogP contribution >= 0.6 is 0 Å². The lowest BCUT2D eigenvalue weighted by atomic mass is 9.74. The second-order valence-corrected chi connectivity index (χ2v) is 8.68. The maximum Gasteiger partial charge on any atom is 0.241 e. The SMILES string of the molecule is Cc1cc(CN(C)C(=O)C[C@@]2(c3ccccc3C)CC(=O)N(Cc3ccncc3)C2=O)n[nH]1. The Hall–Kier alpha value is -3.81. The Bertz CT molecular complexity index is 1190. The number of carbonyl (C=O) groups is 3.